The van der Waals surface area contributed by atoms with Crippen molar-refractivity contribution < 1.29 is 0 Å². The molecule has 0 aliphatic carbocycles. The smallest absolute Gasteiger partial charge is 0.125 e. The van der Waals surface area contributed by atoms with Gasteiger partial charge in [-0.25, -0.2) is 4.98 Å². The van der Waals surface area contributed by atoms with Crippen molar-refractivity contribution in [2.45, 2.75) is 6.92 Å². The van der Waals surface area contributed by atoms with E-state index in [1.54, 1.807) is 17.5 Å². The zero-order chi connectivity index (χ0) is 14.2. The summed E-state index contributed by atoms with van der Waals surface area (Å²) in [6, 6.07) is 12.3. The number of aryl methyl sites for hydroxylation is 1. The lowest BCUT2D eigenvalue weighted by Gasteiger charge is -1.97. The summed E-state index contributed by atoms with van der Waals surface area (Å²) in [6.07, 6.45) is 3.63. The highest BCUT2D eigenvalue weighted by molar-refractivity contribution is 7.13. The molecule has 4 rings (SSSR count). The van der Waals surface area contributed by atoms with E-state index in [9.17, 15) is 0 Å². The Morgan fingerprint density at radius 1 is 1.10 bits per heavy atom. The van der Waals surface area contributed by atoms with Crippen LogP contribution in [-0.2, 0) is 0 Å². The number of fused-ring (bicyclic) bond motifs is 1. The predicted molar refractivity (Wildman–Crippen MR) is 87.4 cm³/mol. The molecule has 0 aliphatic rings. The molecule has 1 N–H and O–H groups in total. The number of hydrogen-bond donors (Lipinski definition) is 1. The first-order valence-corrected chi connectivity index (χ1v) is 7.64. The summed E-state index contributed by atoms with van der Waals surface area (Å²) in [7, 11) is 0. The Labute approximate surface area is 126 Å². The number of H-pyrrole nitrogens is 1. The molecule has 4 heteroatoms. The van der Waals surface area contributed by atoms with Crippen molar-refractivity contribution >= 4 is 22.2 Å². The van der Waals surface area contributed by atoms with Gasteiger partial charge in [0.15, 0.2) is 0 Å². The second-order valence-electron chi connectivity index (χ2n) is 4.95. The van der Waals surface area contributed by atoms with Crippen LogP contribution in [0, 0.1) is 6.92 Å². The van der Waals surface area contributed by atoms with Crippen LogP contribution < -0.4 is 0 Å². The molecule has 4 aromatic rings. The molecule has 0 spiro atoms. The molecule has 0 amide bonds. The lowest BCUT2D eigenvalue weighted by Crippen LogP contribution is -1.81. The lowest BCUT2D eigenvalue weighted by molar-refractivity contribution is 1.28. The van der Waals surface area contributed by atoms with Crippen molar-refractivity contribution in [3.8, 4) is 21.8 Å². The average molecular weight is 291 g/mol. The Morgan fingerprint density at radius 2 is 2.00 bits per heavy atom. The van der Waals surface area contributed by atoms with Gasteiger partial charge in [-0.2, -0.15) is 0 Å². The number of thiazole rings is 1. The van der Waals surface area contributed by atoms with E-state index in [2.05, 4.69) is 40.5 Å². The number of benzene rings is 1. The number of hydrogen-bond acceptors (Lipinski definition) is 3. The molecule has 0 fully saturated rings. The van der Waals surface area contributed by atoms with Gasteiger partial charge in [0, 0.05) is 45.5 Å². The minimum absolute atomic E-state index is 1.00. The van der Waals surface area contributed by atoms with Gasteiger partial charge in [0.05, 0.1) is 5.69 Å². The number of nitrogens with zero attached hydrogens (tertiary/aromatic N) is 2. The molecule has 0 aliphatic heterocycles. The second kappa shape index (κ2) is 4.82. The summed E-state index contributed by atoms with van der Waals surface area (Å²) in [5.74, 6) is 0. The van der Waals surface area contributed by atoms with Crippen LogP contribution in [0.1, 0.15) is 5.69 Å². The fourth-order valence-electron chi connectivity index (χ4n) is 2.62. The van der Waals surface area contributed by atoms with Crippen LogP contribution >= 0.6 is 11.3 Å². The molecule has 3 aromatic heterocycles. The van der Waals surface area contributed by atoms with Gasteiger partial charge in [0.25, 0.3) is 0 Å². The maximum atomic E-state index is 4.79. The molecule has 21 heavy (non-hydrogen) atoms. The Hall–Kier alpha value is -2.46. The Morgan fingerprint density at radius 3 is 2.86 bits per heavy atom. The van der Waals surface area contributed by atoms with E-state index in [1.807, 2.05) is 24.4 Å². The Bertz CT molecular complexity index is 906. The van der Waals surface area contributed by atoms with Gasteiger partial charge in [-0.3, -0.25) is 4.98 Å². The molecule has 0 bridgehead atoms. The van der Waals surface area contributed by atoms with Crippen molar-refractivity contribution in [3.63, 3.8) is 0 Å². The molecule has 102 valence electrons. The third kappa shape index (κ3) is 2.04. The fraction of sp³-hybridized carbons (Fsp3) is 0.0588. The van der Waals surface area contributed by atoms with Gasteiger partial charge < -0.3 is 4.98 Å². The Balaban J connectivity index is 1.87. The quantitative estimate of drug-likeness (QED) is 0.583. The number of rotatable bonds is 2. The molecular weight excluding hydrogens is 278 g/mol. The minimum atomic E-state index is 1.00. The van der Waals surface area contributed by atoms with Gasteiger partial charge >= 0.3 is 0 Å². The number of pyridine rings is 1. The molecular formula is C17H13N3S. The highest BCUT2D eigenvalue weighted by Crippen LogP contribution is 2.34. The van der Waals surface area contributed by atoms with Crippen LogP contribution in [0.3, 0.4) is 0 Å². The van der Waals surface area contributed by atoms with E-state index in [0.717, 1.165) is 27.5 Å². The maximum absolute atomic E-state index is 4.79. The van der Waals surface area contributed by atoms with Gasteiger partial charge in [-0.15, -0.1) is 11.3 Å². The number of nitrogens with one attached hydrogen (secondary N) is 1. The summed E-state index contributed by atoms with van der Waals surface area (Å²) >= 11 is 1.65. The van der Waals surface area contributed by atoms with Crippen molar-refractivity contribution in [2.75, 3.05) is 0 Å². The Kier molecular flexibility index (Phi) is 2.82. The van der Waals surface area contributed by atoms with Crippen molar-refractivity contribution in [3.05, 3.63) is 59.9 Å². The maximum Gasteiger partial charge on any atom is 0.125 e. The molecule has 3 heterocycles. The van der Waals surface area contributed by atoms with E-state index < -0.39 is 0 Å². The van der Waals surface area contributed by atoms with E-state index in [1.165, 1.54) is 10.9 Å². The van der Waals surface area contributed by atoms with Crippen molar-refractivity contribution in [1.82, 2.24) is 15.0 Å². The molecule has 0 saturated carbocycles. The largest absolute Gasteiger partial charge is 0.358 e. The zero-order valence-electron chi connectivity index (χ0n) is 11.5. The van der Waals surface area contributed by atoms with Crippen molar-refractivity contribution in [1.29, 1.82) is 0 Å². The predicted octanol–water partition coefficient (Wildman–Crippen LogP) is 4.66. The van der Waals surface area contributed by atoms with Gasteiger partial charge in [0.1, 0.15) is 5.01 Å². The SMILES string of the molecule is Cc1[nH]c2ccccc2c1-c1csc(-c2cccnc2)n1. The lowest BCUT2D eigenvalue weighted by atomic mass is 10.1. The summed E-state index contributed by atoms with van der Waals surface area (Å²) in [4.78, 5) is 12.4. The van der Waals surface area contributed by atoms with Gasteiger partial charge in [-0.1, -0.05) is 18.2 Å². The molecule has 0 atom stereocenters. The summed E-state index contributed by atoms with van der Waals surface area (Å²) in [5, 5.41) is 4.34. The third-order valence-corrected chi connectivity index (χ3v) is 4.45. The molecule has 0 saturated heterocycles. The average Bonchev–Trinajstić information content (AvgIpc) is 3.11. The molecule has 1 aromatic carbocycles. The van der Waals surface area contributed by atoms with Crippen LogP contribution in [-0.4, -0.2) is 15.0 Å². The van der Waals surface area contributed by atoms with Gasteiger partial charge in [-0.05, 0) is 25.1 Å². The highest BCUT2D eigenvalue weighted by atomic mass is 32.1. The normalized spacial score (nSPS) is 11.1. The van der Waals surface area contributed by atoms with E-state index in [4.69, 9.17) is 4.98 Å². The van der Waals surface area contributed by atoms with Crippen LogP contribution in [0.25, 0.3) is 32.7 Å². The number of aromatic nitrogens is 3. The monoisotopic (exact) mass is 291 g/mol. The fourth-order valence-corrected chi connectivity index (χ4v) is 3.42. The van der Waals surface area contributed by atoms with Crippen LogP contribution in [0.2, 0.25) is 0 Å². The van der Waals surface area contributed by atoms with Crippen LogP contribution in [0.15, 0.2) is 54.2 Å². The first-order valence-electron chi connectivity index (χ1n) is 6.76. The second-order valence-corrected chi connectivity index (χ2v) is 5.81. The summed E-state index contributed by atoms with van der Waals surface area (Å²) < 4.78 is 0. The standard InChI is InChI=1S/C17H13N3S/c1-11-16(13-6-2-3-7-14(13)19-11)15-10-21-17(20-15)12-5-4-8-18-9-12/h2-10,19H,1H3. The molecule has 3 nitrogen and oxygen atoms in total. The van der Waals surface area contributed by atoms with Crippen molar-refractivity contribution in [2.24, 2.45) is 0 Å². The molecule has 0 unspecified atom stereocenters. The van der Waals surface area contributed by atoms with Crippen LogP contribution in [0.5, 0.6) is 0 Å². The first kappa shape index (κ1) is 12.3. The third-order valence-electron chi connectivity index (χ3n) is 3.56. The van der Waals surface area contributed by atoms with Crippen LogP contribution in [0.4, 0.5) is 0 Å². The highest BCUT2D eigenvalue weighted by Gasteiger charge is 2.13. The van der Waals surface area contributed by atoms with E-state index in [-0.39, 0.29) is 0 Å². The topological polar surface area (TPSA) is 41.6 Å². The van der Waals surface area contributed by atoms with E-state index >= 15 is 0 Å². The number of para-hydroxylation sites is 1. The number of aromatic amines is 1. The first-order chi connectivity index (χ1) is 10.3. The summed E-state index contributed by atoms with van der Waals surface area (Å²) in [6.45, 7) is 2.10. The summed E-state index contributed by atoms with van der Waals surface area (Å²) in [5.41, 5.74) is 5.58. The molecule has 0 radical (unpaired) electrons. The minimum Gasteiger partial charge on any atom is -0.358 e. The van der Waals surface area contributed by atoms with Gasteiger partial charge in [0.2, 0.25) is 0 Å². The van der Waals surface area contributed by atoms with E-state index in [0.29, 0.717) is 0 Å². The zero-order valence-corrected chi connectivity index (χ0v) is 12.3.